The first kappa shape index (κ1) is 27.3. The summed E-state index contributed by atoms with van der Waals surface area (Å²) in [4.78, 5) is 44.3. The third-order valence-electron chi connectivity index (χ3n) is 3.56. The molecule has 0 heterocycles. The molecule has 0 saturated heterocycles. The van der Waals surface area contributed by atoms with E-state index >= 15 is 0 Å². The topological polar surface area (TPSA) is 130 Å². The lowest BCUT2D eigenvalue weighted by Gasteiger charge is -2.43. The van der Waals surface area contributed by atoms with Crippen LogP contribution in [0.2, 0.25) is 0 Å². The van der Waals surface area contributed by atoms with Crippen molar-refractivity contribution in [2.75, 3.05) is 34.4 Å². The molecule has 158 valence electrons. The zero-order valence-corrected chi connectivity index (χ0v) is 17.1. The molecule has 0 amide bonds. The summed E-state index contributed by atoms with van der Waals surface area (Å²) in [5.41, 5.74) is -1.62. The smallest absolute Gasteiger partial charge is 0.372 e. The average Bonchev–Trinajstić information content (AvgIpc) is 2.54. The lowest BCUT2D eigenvalue weighted by Crippen LogP contribution is -2.70. The molecular weight excluding hydrogens is 370 g/mol. The summed E-state index contributed by atoms with van der Waals surface area (Å²) >= 11 is 0. The highest BCUT2D eigenvalue weighted by atomic mass is 16.5. The number of rotatable bonds is 10. The molecule has 0 saturated carbocycles. The quantitative estimate of drug-likeness (QED) is 0.180. The van der Waals surface area contributed by atoms with Crippen molar-refractivity contribution < 1.29 is 43.3 Å². The van der Waals surface area contributed by atoms with Gasteiger partial charge in [-0.25, -0.2) is 14.4 Å². The second-order valence-electron chi connectivity index (χ2n) is 6.80. The molecular formula is C19H29NO8. The number of quaternary nitrogens is 1. The van der Waals surface area contributed by atoms with E-state index in [0.29, 0.717) is 5.57 Å². The number of hydrogen-bond donors (Lipinski definition) is 1. The van der Waals surface area contributed by atoms with Gasteiger partial charge in [0.2, 0.25) is 5.54 Å². The first-order valence-corrected chi connectivity index (χ1v) is 8.17. The van der Waals surface area contributed by atoms with Crippen LogP contribution in [0.4, 0.5) is 0 Å². The van der Waals surface area contributed by atoms with Crippen molar-refractivity contribution in [2.45, 2.75) is 25.8 Å². The Balaban J connectivity index is 0. The fourth-order valence-corrected chi connectivity index (χ4v) is 1.86. The van der Waals surface area contributed by atoms with E-state index in [-0.39, 0.29) is 24.8 Å². The summed E-state index contributed by atoms with van der Waals surface area (Å²) in [6.07, 6.45) is 1.12. The van der Waals surface area contributed by atoms with Crippen LogP contribution in [0.3, 0.4) is 0 Å². The molecule has 28 heavy (non-hydrogen) atoms. The number of carboxylic acid groups (broad SMARTS) is 2. The van der Waals surface area contributed by atoms with Crippen molar-refractivity contribution in [1.29, 1.82) is 0 Å². The van der Waals surface area contributed by atoms with Gasteiger partial charge in [-0.3, -0.25) is 0 Å². The summed E-state index contributed by atoms with van der Waals surface area (Å²) in [6.45, 7) is 13.1. The molecule has 0 bridgehead atoms. The van der Waals surface area contributed by atoms with E-state index in [4.69, 9.17) is 4.74 Å². The van der Waals surface area contributed by atoms with E-state index < -0.39 is 34.4 Å². The molecule has 1 N–H and O–H groups in total. The Kier molecular flexibility index (Phi) is 11.4. The lowest BCUT2D eigenvalue weighted by molar-refractivity contribution is -0.907. The Morgan fingerprint density at radius 2 is 1.46 bits per heavy atom. The minimum atomic E-state index is -2.19. The average molecular weight is 399 g/mol. The second-order valence-corrected chi connectivity index (χ2v) is 6.80. The molecule has 0 aromatic rings. The molecule has 0 aromatic heterocycles. The van der Waals surface area contributed by atoms with E-state index in [1.807, 2.05) is 0 Å². The van der Waals surface area contributed by atoms with Crippen molar-refractivity contribution >= 4 is 23.9 Å². The fourth-order valence-electron chi connectivity index (χ4n) is 1.86. The molecule has 0 aromatic carbocycles. The summed E-state index contributed by atoms with van der Waals surface area (Å²) in [5.74, 6) is -4.32. The van der Waals surface area contributed by atoms with E-state index in [1.54, 1.807) is 6.92 Å². The van der Waals surface area contributed by atoms with E-state index in [1.165, 1.54) is 34.1 Å². The van der Waals surface area contributed by atoms with Gasteiger partial charge in [0.15, 0.2) is 0 Å². The van der Waals surface area contributed by atoms with E-state index in [9.17, 15) is 29.4 Å². The van der Waals surface area contributed by atoms with Crippen LogP contribution in [0.1, 0.15) is 20.3 Å². The number of ether oxygens (including phenoxy) is 2. The van der Waals surface area contributed by atoms with Gasteiger partial charge in [0, 0.05) is 11.1 Å². The molecule has 0 fully saturated rings. The predicted octanol–water partition coefficient (Wildman–Crippen LogP) is 0.0670. The molecule has 0 rings (SSSR count). The number of carboxylic acids is 2. The second kappa shape index (κ2) is 11.7. The van der Waals surface area contributed by atoms with Crippen LogP contribution < -0.4 is 5.11 Å². The van der Waals surface area contributed by atoms with E-state index in [2.05, 4.69) is 24.5 Å². The largest absolute Gasteiger partial charge is 0.543 e. The Morgan fingerprint density at radius 1 is 1.04 bits per heavy atom. The number of likely N-dealkylation sites (N-methyl/N-ethyl adjacent to an activating group) is 1. The maximum absolute atomic E-state index is 11.3. The van der Waals surface area contributed by atoms with Crippen LogP contribution in [0, 0.1) is 0 Å². The molecule has 0 aliphatic rings. The van der Waals surface area contributed by atoms with E-state index in [0.717, 1.165) is 0 Å². The molecule has 0 aliphatic carbocycles. The Hall–Kier alpha value is -2.94. The zero-order valence-electron chi connectivity index (χ0n) is 17.1. The number of hydrogen-bond acceptors (Lipinski definition) is 7. The van der Waals surface area contributed by atoms with Crippen molar-refractivity contribution in [2.24, 2.45) is 0 Å². The Labute approximate surface area is 165 Å². The standard InChI is InChI=1S/C12H19NO6.C7H10O2/c1-8(2)9(14)19-7-6-12(10(15)16,11(17)18)13(3,4)5;1-4-5-9-7(8)6(2)3/h1,6-7H2,2-5H3,(H-,15,16,17,18);4H,1-2,5H2,3H3. The summed E-state index contributed by atoms with van der Waals surface area (Å²) < 4.78 is 8.95. The van der Waals surface area contributed by atoms with Gasteiger partial charge in [-0.2, -0.15) is 0 Å². The Morgan fingerprint density at radius 3 is 1.75 bits per heavy atom. The third kappa shape index (κ3) is 8.17. The van der Waals surface area contributed by atoms with Gasteiger partial charge in [0.25, 0.3) is 0 Å². The van der Waals surface area contributed by atoms with Crippen LogP contribution in [0.15, 0.2) is 37.0 Å². The highest BCUT2D eigenvalue weighted by molar-refractivity contribution is 6.00. The number of aliphatic carboxylic acids is 2. The highest BCUT2D eigenvalue weighted by Crippen LogP contribution is 2.23. The van der Waals surface area contributed by atoms with Gasteiger partial charge in [-0.1, -0.05) is 25.8 Å². The van der Waals surface area contributed by atoms with Crippen LogP contribution in [-0.4, -0.2) is 73.4 Å². The van der Waals surface area contributed by atoms with Gasteiger partial charge in [0.05, 0.1) is 34.2 Å². The summed E-state index contributed by atoms with van der Waals surface area (Å²) in [7, 11) is 4.26. The van der Waals surface area contributed by atoms with Gasteiger partial charge in [0.1, 0.15) is 12.6 Å². The monoisotopic (exact) mass is 399 g/mol. The number of carbonyl (C=O) groups excluding carboxylic acids is 3. The minimum absolute atomic E-state index is 0.152. The normalized spacial score (nSPS) is 12.3. The first-order chi connectivity index (χ1) is 12.6. The van der Waals surface area contributed by atoms with Crippen molar-refractivity contribution in [3.63, 3.8) is 0 Å². The molecule has 9 nitrogen and oxygen atoms in total. The first-order valence-electron chi connectivity index (χ1n) is 8.17. The van der Waals surface area contributed by atoms with Gasteiger partial charge >= 0.3 is 17.9 Å². The van der Waals surface area contributed by atoms with Crippen LogP contribution in [-0.2, 0) is 28.7 Å². The van der Waals surface area contributed by atoms with Gasteiger partial charge in [-0.15, -0.1) is 0 Å². The SMILES string of the molecule is C=C(C)C(=O)OCCC(C(=O)[O-])(C(=O)O)[N+](C)(C)C.C=CCOC(=O)C(=C)C. The maximum atomic E-state index is 11.3. The molecule has 0 aliphatic heterocycles. The van der Waals surface area contributed by atoms with Crippen molar-refractivity contribution in [3.8, 4) is 0 Å². The fraction of sp³-hybridized carbons (Fsp3) is 0.474. The van der Waals surface area contributed by atoms with Crippen molar-refractivity contribution in [3.05, 3.63) is 37.0 Å². The molecule has 0 spiro atoms. The molecule has 0 radical (unpaired) electrons. The van der Waals surface area contributed by atoms with Crippen LogP contribution >= 0.6 is 0 Å². The molecule has 9 heteroatoms. The summed E-state index contributed by atoms with van der Waals surface area (Å²) in [5, 5.41) is 20.5. The van der Waals surface area contributed by atoms with Crippen LogP contribution in [0.5, 0.6) is 0 Å². The zero-order chi connectivity index (χ0) is 22.7. The number of carbonyl (C=O) groups is 4. The molecule has 1 atom stereocenters. The molecule has 1 unspecified atom stereocenters. The van der Waals surface area contributed by atoms with Gasteiger partial charge in [-0.05, 0) is 13.8 Å². The van der Waals surface area contributed by atoms with Gasteiger partial charge < -0.3 is 29.0 Å². The lowest BCUT2D eigenvalue weighted by atomic mass is 9.92. The van der Waals surface area contributed by atoms with Crippen molar-refractivity contribution in [1.82, 2.24) is 0 Å². The number of esters is 2. The number of nitrogens with zero attached hydrogens (tertiary/aromatic N) is 1. The predicted molar refractivity (Wildman–Crippen MR) is 99.8 cm³/mol. The Bertz CT molecular complexity index is 629. The maximum Gasteiger partial charge on any atom is 0.372 e. The highest BCUT2D eigenvalue weighted by Gasteiger charge is 2.52. The third-order valence-corrected chi connectivity index (χ3v) is 3.56. The minimum Gasteiger partial charge on any atom is -0.543 e. The summed E-state index contributed by atoms with van der Waals surface area (Å²) in [6, 6.07) is 0. The van der Waals surface area contributed by atoms with Crippen LogP contribution in [0.25, 0.3) is 0 Å².